The van der Waals surface area contributed by atoms with Crippen LogP contribution in [0, 0.1) is 5.92 Å². The molecule has 0 spiro atoms. The van der Waals surface area contributed by atoms with Gasteiger partial charge in [-0.15, -0.1) is 10.2 Å². The second-order valence-corrected chi connectivity index (χ2v) is 5.61. The molecule has 0 aliphatic rings. The Balaban J connectivity index is 2.30. The lowest BCUT2D eigenvalue weighted by atomic mass is 9.99. The summed E-state index contributed by atoms with van der Waals surface area (Å²) in [6, 6.07) is 7.77. The summed E-state index contributed by atoms with van der Waals surface area (Å²) in [7, 11) is 0. The molecule has 0 amide bonds. The van der Waals surface area contributed by atoms with Gasteiger partial charge >= 0.3 is 0 Å². The van der Waals surface area contributed by atoms with Crippen molar-refractivity contribution < 1.29 is 0 Å². The lowest BCUT2D eigenvalue weighted by Crippen LogP contribution is -2.00. The summed E-state index contributed by atoms with van der Waals surface area (Å²) in [4.78, 5) is 0. The molecule has 0 saturated heterocycles. The second-order valence-electron chi connectivity index (χ2n) is 4.60. The molecule has 0 radical (unpaired) electrons. The number of nitrogens with zero attached hydrogens (tertiary/aromatic N) is 2. The Morgan fingerprint density at radius 3 is 2.59 bits per heavy atom. The minimum Gasteiger partial charge on any atom is -0.399 e. The van der Waals surface area contributed by atoms with Gasteiger partial charge in [-0.1, -0.05) is 44.2 Å². The fourth-order valence-corrected chi connectivity index (χ4v) is 2.56. The molecule has 2 aromatic rings. The van der Waals surface area contributed by atoms with E-state index in [0.717, 1.165) is 21.3 Å². The molecule has 0 saturated carbocycles. The highest BCUT2D eigenvalue weighted by Gasteiger charge is 2.15. The van der Waals surface area contributed by atoms with E-state index in [2.05, 4.69) is 31.0 Å². The SMILES string of the molecule is CC(C)C(C)c1nnc(-c2cccc(N)c2)s1. The molecule has 4 heteroatoms. The van der Waals surface area contributed by atoms with Gasteiger partial charge in [0.05, 0.1) is 0 Å². The van der Waals surface area contributed by atoms with Crippen LogP contribution in [-0.2, 0) is 0 Å². The average molecular weight is 247 g/mol. The number of anilines is 1. The molecule has 1 atom stereocenters. The van der Waals surface area contributed by atoms with Crippen LogP contribution in [0.3, 0.4) is 0 Å². The van der Waals surface area contributed by atoms with E-state index in [1.807, 2.05) is 24.3 Å². The highest BCUT2D eigenvalue weighted by Crippen LogP contribution is 2.31. The Hall–Kier alpha value is -1.42. The van der Waals surface area contributed by atoms with Crippen LogP contribution in [0.1, 0.15) is 31.7 Å². The smallest absolute Gasteiger partial charge is 0.147 e. The summed E-state index contributed by atoms with van der Waals surface area (Å²) in [5.74, 6) is 1.03. The Morgan fingerprint density at radius 2 is 1.94 bits per heavy atom. The Bertz CT molecular complexity index is 505. The van der Waals surface area contributed by atoms with Crippen LogP contribution < -0.4 is 5.73 Å². The van der Waals surface area contributed by atoms with Crippen molar-refractivity contribution in [2.24, 2.45) is 5.92 Å². The Labute approximate surface area is 106 Å². The van der Waals surface area contributed by atoms with Crippen LogP contribution in [0.4, 0.5) is 5.69 Å². The van der Waals surface area contributed by atoms with Crippen molar-refractivity contribution in [1.29, 1.82) is 0 Å². The van der Waals surface area contributed by atoms with Crippen LogP contribution >= 0.6 is 11.3 Å². The summed E-state index contributed by atoms with van der Waals surface area (Å²) < 4.78 is 0. The van der Waals surface area contributed by atoms with Gasteiger partial charge in [-0.25, -0.2) is 0 Å². The summed E-state index contributed by atoms with van der Waals surface area (Å²) >= 11 is 1.65. The molecule has 1 aromatic heterocycles. The largest absolute Gasteiger partial charge is 0.399 e. The van der Waals surface area contributed by atoms with Gasteiger partial charge < -0.3 is 5.73 Å². The van der Waals surface area contributed by atoms with Crippen molar-refractivity contribution in [3.05, 3.63) is 29.3 Å². The fraction of sp³-hybridized carbons (Fsp3) is 0.385. The first-order chi connectivity index (χ1) is 8.08. The third-order valence-electron chi connectivity index (χ3n) is 2.96. The predicted molar refractivity (Wildman–Crippen MR) is 73.0 cm³/mol. The highest BCUT2D eigenvalue weighted by atomic mass is 32.1. The molecular formula is C13H17N3S. The van der Waals surface area contributed by atoms with Gasteiger partial charge in [0.2, 0.25) is 0 Å². The minimum atomic E-state index is 0.447. The van der Waals surface area contributed by atoms with Gasteiger partial charge in [-0.2, -0.15) is 0 Å². The molecule has 1 unspecified atom stereocenters. The molecular weight excluding hydrogens is 230 g/mol. The number of benzene rings is 1. The standard InChI is InChI=1S/C13H17N3S/c1-8(2)9(3)12-15-16-13(17-12)10-5-4-6-11(14)7-10/h4-9H,14H2,1-3H3. The number of hydrogen-bond acceptors (Lipinski definition) is 4. The van der Waals surface area contributed by atoms with Crippen molar-refractivity contribution in [2.45, 2.75) is 26.7 Å². The molecule has 17 heavy (non-hydrogen) atoms. The van der Waals surface area contributed by atoms with E-state index >= 15 is 0 Å². The third kappa shape index (κ3) is 2.64. The highest BCUT2D eigenvalue weighted by molar-refractivity contribution is 7.14. The van der Waals surface area contributed by atoms with E-state index in [1.165, 1.54) is 0 Å². The van der Waals surface area contributed by atoms with E-state index in [4.69, 9.17) is 5.73 Å². The maximum absolute atomic E-state index is 5.77. The quantitative estimate of drug-likeness (QED) is 0.844. The molecule has 0 fully saturated rings. The summed E-state index contributed by atoms with van der Waals surface area (Å²) in [5, 5.41) is 10.6. The zero-order chi connectivity index (χ0) is 12.4. The van der Waals surface area contributed by atoms with Crippen LogP contribution in [-0.4, -0.2) is 10.2 Å². The van der Waals surface area contributed by atoms with Gasteiger partial charge in [-0.05, 0) is 18.1 Å². The monoisotopic (exact) mass is 247 g/mol. The molecule has 3 nitrogen and oxygen atoms in total. The Morgan fingerprint density at radius 1 is 1.18 bits per heavy atom. The first-order valence-electron chi connectivity index (χ1n) is 5.77. The van der Waals surface area contributed by atoms with Crippen molar-refractivity contribution in [3.8, 4) is 10.6 Å². The average Bonchev–Trinajstić information content (AvgIpc) is 2.77. The van der Waals surface area contributed by atoms with Crippen LogP contribution in [0.25, 0.3) is 10.6 Å². The van der Waals surface area contributed by atoms with Crippen molar-refractivity contribution in [3.63, 3.8) is 0 Å². The third-order valence-corrected chi connectivity index (χ3v) is 4.14. The van der Waals surface area contributed by atoms with Crippen molar-refractivity contribution in [2.75, 3.05) is 5.73 Å². The molecule has 1 heterocycles. The summed E-state index contributed by atoms with van der Waals surface area (Å²) in [5.41, 5.74) is 7.57. The summed E-state index contributed by atoms with van der Waals surface area (Å²) in [6.45, 7) is 6.59. The zero-order valence-corrected chi connectivity index (χ0v) is 11.2. The van der Waals surface area contributed by atoms with Crippen molar-refractivity contribution >= 4 is 17.0 Å². The van der Waals surface area contributed by atoms with Gasteiger partial charge in [-0.3, -0.25) is 0 Å². The number of nitrogens with two attached hydrogens (primary N) is 1. The van der Waals surface area contributed by atoms with Crippen LogP contribution in [0.5, 0.6) is 0 Å². The van der Waals surface area contributed by atoms with E-state index in [1.54, 1.807) is 11.3 Å². The van der Waals surface area contributed by atoms with Gasteiger partial charge in [0, 0.05) is 17.2 Å². The minimum absolute atomic E-state index is 0.447. The van der Waals surface area contributed by atoms with Crippen LogP contribution in [0.2, 0.25) is 0 Å². The maximum Gasteiger partial charge on any atom is 0.147 e. The van der Waals surface area contributed by atoms with Gasteiger partial charge in [0.25, 0.3) is 0 Å². The number of nitrogen functional groups attached to an aromatic ring is 1. The Kier molecular flexibility index (Phi) is 3.43. The molecule has 2 N–H and O–H groups in total. The van der Waals surface area contributed by atoms with E-state index in [0.29, 0.717) is 11.8 Å². The molecule has 2 rings (SSSR count). The number of hydrogen-bond donors (Lipinski definition) is 1. The predicted octanol–water partition coefficient (Wildman–Crippen LogP) is 3.55. The molecule has 0 aliphatic carbocycles. The fourth-order valence-electron chi connectivity index (χ4n) is 1.49. The van der Waals surface area contributed by atoms with E-state index < -0.39 is 0 Å². The number of rotatable bonds is 3. The van der Waals surface area contributed by atoms with Crippen LogP contribution in [0.15, 0.2) is 24.3 Å². The number of aromatic nitrogens is 2. The van der Waals surface area contributed by atoms with Gasteiger partial charge in [0.15, 0.2) is 0 Å². The molecule has 0 aliphatic heterocycles. The molecule has 0 bridgehead atoms. The first kappa shape index (κ1) is 12.0. The lowest BCUT2D eigenvalue weighted by Gasteiger charge is -2.10. The van der Waals surface area contributed by atoms with Gasteiger partial charge in [0.1, 0.15) is 10.0 Å². The van der Waals surface area contributed by atoms with E-state index in [9.17, 15) is 0 Å². The molecule has 90 valence electrons. The summed E-state index contributed by atoms with van der Waals surface area (Å²) in [6.07, 6.45) is 0. The molecule has 1 aromatic carbocycles. The lowest BCUT2D eigenvalue weighted by molar-refractivity contribution is 0.529. The zero-order valence-electron chi connectivity index (χ0n) is 10.3. The first-order valence-corrected chi connectivity index (χ1v) is 6.59. The van der Waals surface area contributed by atoms with Crippen molar-refractivity contribution in [1.82, 2.24) is 10.2 Å². The van der Waals surface area contributed by atoms with E-state index in [-0.39, 0.29) is 0 Å². The topological polar surface area (TPSA) is 51.8 Å². The second kappa shape index (κ2) is 4.84. The normalized spacial score (nSPS) is 12.9. The maximum atomic E-state index is 5.77.